The van der Waals surface area contributed by atoms with Gasteiger partial charge in [0.2, 0.25) is 0 Å². The smallest absolute Gasteiger partial charge is 0.0879 e. The number of halogens is 1. The predicted molar refractivity (Wildman–Crippen MR) is 100 cm³/mol. The van der Waals surface area contributed by atoms with Crippen LogP contribution < -0.4 is 5.32 Å². The van der Waals surface area contributed by atoms with Crippen molar-refractivity contribution in [3.8, 4) is 0 Å². The number of aromatic nitrogens is 1. The second-order valence-corrected chi connectivity index (χ2v) is 6.76. The molecule has 0 bridgehead atoms. The molecule has 1 aromatic carbocycles. The molecule has 0 atom stereocenters. The van der Waals surface area contributed by atoms with Crippen LogP contribution in [0.2, 0.25) is 5.02 Å². The quantitative estimate of drug-likeness (QED) is 0.816. The van der Waals surface area contributed by atoms with Gasteiger partial charge < -0.3 is 10.3 Å². The van der Waals surface area contributed by atoms with Gasteiger partial charge in [-0.1, -0.05) is 36.6 Å². The van der Waals surface area contributed by atoms with Crippen molar-refractivity contribution in [3.05, 3.63) is 76.8 Å². The number of hydrogen-bond donors (Lipinski definition) is 2. The summed E-state index contributed by atoms with van der Waals surface area (Å²) in [6, 6.07) is 12.6. The number of nitrogens with one attached hydrogen (secondary N) is 2. The van der Waals surface area contributed by atoms with Gasteiger partial charge in [-0.05, 0) is 48.7 Å². The van der Waals surface area contributed by atoms with Crippen molar-refractivity contribution < 1.29 is 0 Å². The zero-order valence-corrected chi connectivity index (χ0v) is 14.2. The Hall–Kier alpha value is -2.26. The van der Waals surface area contributed by atoms with Crippen LogP contribution in [-0.4, -0.2) is 16.7 Å². The second-order valence-electron chi connectivity index (χ2n) is 6.32. The molecular weight excluding hydrogens is 318 g/mol. The van der Waals surface area contributed by atoms with Crippen LogP contribution in [0, 0.1) is 0 Å². The van der Waals surface area contributed by atoms with E-state index in [1.54, 1.807) is 0 Å². The van der Waals surface area contributed by atoms with Gasteiger partial charge in [0.05, 0.1) is 17.1 Å². The Balaban J connectivity index is 1.66. The highest BCUT2D eigenvalue weighted by atomic mass is 35.5. The molecule has 0 saturated heterocycles. The Bertz CT molecular complexity index is 792. The maximum atomic E-state index is 6.03. The van der Waals surface area contributed by atoms with Crippen LogP contribution in [0.15, 0.2) is 65.6 Å². The number of nitrogens with zero attached hydrogens (tertiary/aromatic N) is 1. The van der Waals surface area contributed by atoms with Crippen LogP contribution in [-0.2, 0) is 0 Å². The maximum Gasteiger partial charge on any atom is 0.0879 e. The van der Waals surface area contributed by atoms with E-state index in [1.165, 1.54) is 25.7 Å². The first-order chi connectivity index (χ1) is 11.8. The summed E-state index contributed by atoms with van der Waals surface area (Å²) < 4.78 is 0. The first kappa shape index (κ1) is 15.3. The van der Waals surface area contributed by atoms with Crippen molar-refractivity contribution in [1.29, 1.82) is 0 Å². The summed E-state index contributed by atoms with van der Waals surface area (Å²) in [5.41, 5.74) is 5.23. The number of aliphatic imine (C=N–C) groups is 1. The summed E-state index contributed by atoms with van der Waals surface area (Å²) in [7, 11) is 0. The second kappa shape index (κ2) is 6.70. The molecule has 0 spiro atoms. The van der Waals surface area contributed by atoms with E-state index < -0.39 is 0 Å². The number of allylic oxidation sites excluding steroid dienone is 2. The molecular formula is C20H20ClN3. The van der Waals surface area contributed by atoms with E-state index in [-0.39, 0.29) is 0 Å². The number of H-pyrrole nitrogens is 1. The molecule has 1 aromatic heterocycles. The fraction of sp³-hybridized carbons (Fsp3) is 0.250. The normalized spacial score (nSPS) is 19.6. The summed E-state index contributed by atoms with van der Waals surface area (Å²) in [6.45, 7) is 0. The molecule has 2 heterocycles. The van der Waals surface area contributed by atoms with Crippen molar-refractivity contribution in [1.82, 2.24) is 10.3 Å². The molecule has 1 fully saturated rings. The van der Waals surface area contributed by atoms with Gasteiger partial charge in [-0.15, -0.1) is 0 Å². The summed E-state index contributed by atoms with van der Waals surface area (Å²) in [5, 5.41) is 4.30. The zero-order valence-electron chi connectivity index (χ0n) is 13.4. The topological polar surface area (TPSA) is 40.2 Å². The molecule has 122 valence electrons. The number of aromatic amines is 1. The van der Waals surface area contributed by atoms with Crippen LogP contribution >= 0.6 is 11.6 Å². The van der Waals surface area contributed by atoms with E-state index in [0.717, 1.165) is 33.3 Å². The minimum absolute atomic E-state index is 0.578. The lowest BCUT2D eigenvalue weighted by Crippen LogP contribution is -2.20. The summed E-state index contributed by atoms with van der Waals surface area (Å²) in [6.07, 6.45) is 11.3. The van der Waals surface area contributed by atoms with Gasteiger partial charge in [0.15, 0.2) is 0 Å². The van der Waals surface area contributed by atoms with Crippen LogP contribution in [0.1, 0.15) is 36.9 Å². The molecule has 1 aliphatic carbocycles. The van der Waals surface area contributed by atoms with E-state index in [1.807, 2.05) is 42.6 Å². The summed E-state index contributed by atoms with van der Waals surface area (Å²) >= 11 is 6.03. The van der Waals surface area contributed by atoms with Gasteiger partial charge >= 0.3 is 0 Å². The highest BCUT2D eigenvalue weighted by Gasteiger charge is 2.19. The van der Waals surface area contributed by atoms with Crippen LogP contribution in [0.4, 0.5) is 0 Å². The van der Waals surface area contributed by atoms with E-state index in [2.05, 4.69) is 22.6 Å². The van der Waals surface area contributed by atoms with Gasteiger partial charge in [0.1, 0.15) is 0 Å². The van der Waals surface area contributed by atoms with Crippen molar-refractivity contribution >= 4 is 22.9 Å². The Morgan fingerprint density at radius 1 is 1.12 bits per heavy atom. The van der Waals surface area contributed by atoms with Gasteiger partial charge in [-0.3, -0.25) is 0 Å². The Kier molecular flexibility index (Phi) is 4.26. The summed E-state index contributed by atoms with van der Waals surface area (Å²) in [5.74, 6) is 0. The maximum absolute atomic E-state index is 6.03. The SMILES string of the molecule is Clc1ccc(C2=CC(c3ccc[nH]3)=N/C2=C\NC2CCCC2)cc1. The molecule has 2 N–H and O–H groups in total. The van der Waals surface area contributed by atoms with Crippen LogP contribution in [0.5, 0.6) is 0 Å². The van der Waals surface area contributed by atoms with Gasteiger partial charge in [0, 0.05) is 29.0 Å². The highest BCUT2D eigenvalue weighted by molar-refractivity contribution is 6.30. The lowest BCUT2D eigenvalue weighted by atomic mass is 10.0. The van der Waals surface area contributed by atoms with Crippen molar-refractivity contribution in [2.24, 2.45) is 4.99 Å². The van der Waals surface area contributed by atoms with Crippen molar-refractivity contribution in [2.75, 3.05) is 0 Å². The fourth-order valence-electron chi connectivity index (χ4n) is 3.32. The third kappa shape index (κ3) is 3.17. The largest absolute Gasteiger partial charge is 0.386 e. The third-order valence-electron chi connectivity index (χ3n) is 4.64. The number of rotatable bonds is 4. The molecule has 0 radical (unpaired) electrons. The predicted octanol–water partition coefficient (Wildman–Crippen LogP) is 4.93. The van der Waals surface area contributed by atoms with E-state index in [9.17, 15) is 0 Å². The molecule has 4 rings (SSSR count). The molecule has 3 nitrogen and oxygen atoms in total. The Labute approximate surface area is 147 Å². The molecule has 0 amide bonds. The summed E-state index contributed by atoms with van der Waals surface area (Å²) in [4.78, 5) is 8.06. The lowest BCUT2D eigenvalue weighted by molar-refractivity contribution is 0.606. The minimum Gasteiger partial charge on any atom is -0.386 e. The van der Waals surface area contributed by atoms with Crippen molar-refractivity contribution in [2.45, 2.75) is 31.7 Å². The lowest BCUT2D eigenvalue weighted by Gasteiger charge is -2.10. The van der Waals surface area contributed by atoms with E-state index in [4.69, 9.17) is 16.6 Å². The highest BCUT2D eigenvalue weighted by Crippen LogP contribution is 2.31. The third-order valence-corrected chi connectivity index (χ3v) is 4.89. The number of benzene rings is 1. The molecule has 2 aliphatic rings. The van der Waals surface area contributed by atoms with Gasteiger partial charge in [0.25, 0.3) is 0 Å². The zero-order chi connectivity index (χ0) is 16.4. The standard InChI is InChI=1S/C20H20ClN3/c21-15-9-7-14(8-10-15)17-12-19(18-6-3-11-22-18)24-20(17)13-23-16-4-1-2-5-16/h3,6-13,16,22-23H,1-2,4-5H2/b20-13-. The van der Waals surface area contributed by atoms with Gasteiger partial charge in [-0.2, -0.15) is 0 Å². The minimum atomic E-state index is 0.578. The molecule has 24 heavy (non-hydrogen) atoms. The Morgan fingerprint density at radius 2 is 1.92 bits per heavy atom. The first-order valence-corrected chi connectivity index (χ1v) is 8.84. The van der Waals surface area contributed by atoms with Crippen molar-refractivity contribution in [3.63, 3.8) is 0 Å². The average Bonchev–Trinajstić information content (AvgIpc) is 3.34. The average molecular weight is 338 g/mol. The van der Waals surface area contributed by atoms with E-state index >= 15 is 0 Å². The molecule has 4 heteroatoms. The molecule has 1 aliphatic heterocycles. The first-order valence-electron chi connectivity index (χ1n) is 8.46. The monoisotopic (exact) mass is 337 g/mol. The van der Waals surface area contributed by atoms with Crippen LogP contribution in [0.25, 0.3) is 5.57 Å². The number of hydrogen-bond acceptors (Lipinski definition) is 2. The Morgan fingerprint density at radius 3 is 2.62 bits per heavy atom. The van der Waals surface area contributed by atoms with Crippen LogP contribution in [0.3, 0.4) is 0 Å². The van der Waals surface area contributed by atoms with E-state index in [0.29, 0.717) is 6.04 Å². The molecule has 0 unspecified atom stereocenters. The fourth-order valence-corrected chi connectivity index (χ4v) is 3.45. The van der Waals surface area contributed by atoms with Gasteiger partial charge in [-0.25, -0.2) is 4.99 Å². The molecule has 1 saturated carbocycles. The molecule has 2 aromatic rings.